The Bertz CT molecular complexity index is 2890. The maximum absolute atomic E-state index is 2.42. The lowest BCUT2D eigenvalue weighted by Gasteiger charge is -2.27. The normalized spacial score (nSPS) is 13.0. The SMILES string of the molecule is c1ccc2c(c1)sc1cccc(-c3ccc4c(c3)Sc3ccc5c6c(ccc-4c36)-c3ccc(-c4cccc6sc7ccccc7c46)cc3S5)c12. The summed E-state index contributed by atoms with van der Waals surface area (Å²) in [5.41, 5.74) is 10.6. The Kier molecular flexibility index (Phi) is 5.78. The fourth-order valence-electron chi connectivity index (χ4n) is 8.31. The van der Waals surface area contributed by atoms with Crippen molar-refractivity contribution in [3.63, 3.8) is 0 Å². The van der Waals surface area contributed by atoms with Gasteiger partial charge in [-0.3, -0.25) is 0 Å². The van der Waals surface area contributed by atoms with E-state index in [1.165, 1.54) is 115 Å². The molecule has 0 bridgehead atoms. The Labute approximate surface area is 305 Å². The van der Waals surface area contributed by atoms with Crippen molar-refractivity contribution in [2.75, 3.05) is 0 Å². The molecule has 50 heavy (non-hydrogen) atoms. The van der Waals surface area contributed by atoms with Gasteiger partial charge in [0, 0.05) is 70.7 Å². The van der Waals surface area contributed by atoms with Gasteiger partial charge in [-0.15, -0.1) is 22.7 Å². The molecule has 8 aromatic carbocycles. The molecule has 0 atom stereocenters. The van der Waals surface area contributed by atoms with Gasteiger partial charge < -0.3 is 0 Å². The van der Waals surface area contributed by atoms with Crippen LogP contribution in [0.25, 0.3) is 95.6 Å². The first kappa shape index (κ1) is 27.9. The Morgan fingerprint density at radius 2 is 0.720 bits per heavy atom. The molecule has 12 rings (SSSR count). The molecule has 0 aliphatic carbocycles. The van der Waals surface area contributed by atoms with Crippen molar-refractivity contribution in [2.24, 2.45) is 0 Å². The molecule has 0 fully saturated rings. The smallest absolute Gasteiger partial charge is 0.0361 e. The molecule has 0 amide bonds. The summed E-state index contributed by atoms with van der Waals surface area (Å²) < 4.78 is 5.39. The van der Waals surface area contributed by atoms with Gasteiger partial charge in [0.05, 0.1) is 0 Å². The third-order valence-corrected chi connectivity index (χ3v) is 15.0. The van der Waals surface area contributed by atoms with Crippen LogP contribution in [0.1, 0.15) is 0 Å². The van der Waals surface area contributed by atoms with Crippen molar-refractivity contribution < 1.29 is 0 Å². The molecule has 2 aromatic heterocycles. The van der Waals surface area contributed by atoms with Crippen LogP contribution in [0.2, 0.25) is 0 Å². The molecule has 0 N–H and O–H groups in total. The molecule has 0 radical (unpaired) electrons. The third-order valence-electron chi connectivity index (χ3n) is 10.5. The van der Waals surface area contributed by atoms with E-state index in [1.807, 2.05) is 46.2 Å². The molecule has 0 saturated heterocycles. The Morgan fingerprint density at radius 1 is 0.280 bits per heavy atom. The van der Waals surface area contributed by atoms with E-state index in [4.69, 9.17) is 0 Å². The second kappa shape index (κ2) is 10.3. The van der Waals surface area contributed by atoms with Gasteiger partial charge >= 0.3 is 0 Å². The molecule has 4 heteroatoms. The van der Waals surface area contributed by atoms with Crippen LogP contribution in [0.3, 0.4) is 0 Å². The number of hydrogen-bond acceptors (Lipinski definition) is 4. The Morgan fingerprint density at radius 3 is 1.22 bits per heavy atom. The van der Waals surface area contributed by atoms with E-state index in [2.05, 4.69) is 146 Å². The van der Waals surface area contributed by atoms with Crippen LogP contribution in [-0.2, 0) is 0 Å². The molecule has 0 spiro atoms. The van der Waals surface area contributed by atoms with Crippen LogP contribution in [-0.4, -0.2) is 0 Å². The molecule has 4 heterocycles. The van der Waals surface area contributed by atoms with Gasteiger partial charge in [0.2, 0.25) is 0 Å². The first-order valence-electron chi connectivity index (χ1n) is 16.8. The quantitative estimate of drug-likeness (QED) is 0.176. The monoisotopic (exact) mass is 704 g/mol. The number of benzene rings is 8. The van der Waals surface area contributed by atoms with E-state index in [0.29, 0.717) is 0 Å². The number of thiophene rings is 2. The third kappa shape index (κ3) is 3.85. The topological polar surface area (TPSA) is 0 Å². The molecule has 0 nitrogen and oxygen atoms in total. The van der Waals surface area contributed by atoms with E-state index in [-0.39, 0.29) is 0 Å². The van der Waals surface area contributed by atoms with Crippen molar-refractivity contribution in [1.29, 1.82) is 0 Å². The van der Waals surface area contributed by atoms with E-state index in [1.54, 1.807) is 0 Å². The second-order valence-electron chi connectivity index (χ2n) is 13.2. The minimum absolute atomic E-state index is 1.28. The van der Waals surface area contributed by atoms with Gasteiger partial charge in [-0.25, -0.2) is 0 Å². The highest BCUT2D eigenvalue weighted by Crippen LogP contribution is 2.57. The standard InChI is InChI=1S/C46H24S4/c1-3-11-35-33(7-1)43-27(9-5-13-37(43)47-35)25-15-17-29-31-19-20-32-30-18-16-26(28-10-6-14-38-44(28)34-8-2-4-12-36(34)48-38)24-42(30)50-40-22-21-39(45(31)46(32)40)49-41(29)23-25/h1-24H. The van der Waals surface area contributed by atoms with Crippen molar-refractivity contribution >= 4 is 97.3 Å². The van der Waals surface area contributed by atoms with E-state index in [0.717, 1.165) is 0 Å². The van der Waals surface area contributed by atoms with Crippen LogP contribution in [0.5, 0.6) is 0 Å². The first-order valence-corrected chi connectivity index (χ1v) is 20.1. The van der Waals surface area contributed by atoms with Crippen LogP contribution >= 0.6 is 46.2 Å². The lowest BCUT2D eigenvalue weighted by atomic mass is 9.89. The fourth-order valence-corrected chi connectivity index (χ4v) is 12.9. The summed E-state index contributed by atoms with van der Waals surface area (Å²) in [6, 6.07) is 54.9. The summed E-state index contributed by atoms with van der Waals surface area (Å²) in [6.07, 6.45) is 0. The Hall–Kier alpha value is -4.84. The van der Waals surface area contributed by atoms with E-state index in [9.17, 15) is 0 Å². The molecule has 0 unspecified atom stereocenters. The predicted octanol–water partition coefficient (Wildman–Crippen LogP) is 15.2. The fraction of sp³-hybridized carbons (Fsp3) is 0. The highest BCUT2D eigenvalue weighted by molar-refractivity contribution is 8.00. The van der Waals surface area contributed by atoms with Gasteiger partial charge in [0.1, 0.15) is 0 Å². The van der Waals surface area contributed by atoms with Crippen LogP contribution in [0, 0.1) is 0 Å². The molecule has 0 saturated carbocycles. The highest BCUT2D eigenvalue weighted by atomic mass is 32.2. The number of fused-ring (bicyclic) bond motifs is 10. The number of rotatable bonds is 2. The van der Waals surface area contributed by atoms with Crippen LogP contribution in [0.15, 0.2) is 165 Å². The second-order valence-corrected chi connectivity index (χ2v) is 17.5. The highest BCUT2D eigenvalue weighted by Gasteiger charge is 2.27. The van der Waals surface area contributed by atoms with Gasteiger partial charge in [0.25, 0.3) is 0 Å². The molecule has 2 aliphatic rings. The lowest BCUT2D eigenvalue weighted by molar-refractivity contribution is 1.34. The summed E-state index contributed by atoms with van der Waals surface area (Å²) in [4.78, 5) is 5.36. The van der Waals surface area contributed by atoms with Crippen molar-refractivity contribution in [2.45, 2.75) is 19.6 Å². The average Bonchev–Trinajstić information content (AvgIpc) is 3.75. The van der Waals surface area contributed by atoms with E-state index < -0.39 is 0 Å². The van der Waals surface area contributed by atoms with Gasteiger partial charge in [-0.2, -0.15) is 0 Å². The maximum Gasteiger partial charge on any atom is 0.0361 e. The minimum atomic E-state index is 1.28. The largest absolute Gasteiger partial charge is 0.135 e. The van der Waals surface area contributed by atoms with Gasteiger partial charge in [-0.05, 0) is 93.0 Å². The van der Waals surface area contributed by atoms with Crippen molar-refractivity contribution in [1.82, 2.24) is 0 Å². The Balaban J connectivity index is 0.990. The van der Waals surface area contributed by atoms with Crippen molar-refractivity contribution in [3.8, 4) is 44.5 Å². The zero-order valence-corrected chi connectivity index (χ0v) is 29.8. The van der Waals surface area contributed by atoms with Crippen LogP contribution in [0.4, 0.5) is 0 Å². The molecule has 232 valence electrons. The van der Waals surface area contributed by atoms with Gasteiger partial charge in [0.15, 0.2) is 0 Å². The molecular formula is C46H24S4. The first-order chi connectivity index (χ1) is 24.8. The average molecular weight is 705 g/mol. The summed E-state index contributed by atoms with van der Waals surface area (Å²) in [7, 11) is 0. The molecule has 2 aliphatic heterocycles. The zero-order valence-electron chi connectivity index (χ0n) is 26.5. The van der Waals surface area contributed by atoms with Gasteiger partial charge in [-0.1, -0.05) is 121 Å². The number of hydrogen-bond donors (Lipinski definition) is 0. The predicted molar refractivity (Wildman–Crippen MR) is 220 cm³/mol. The van der Waals surface area contributed by atoms with E-state index >= 15 is 0 Å². The maximum atomic E-state index is 2.42. The summed E-state index contributed by atoms with van der Waals surface area (Å²) in [5, 5.41) is 8.22. The summed E-state index contributed by atoms with van der Waals surface area (Å²) >= 11 is 7.62. The molecule has 10 aromatic rings. The molecular weight excluding hydrogens is 681 g/mol. The van der Waals surface area contributed by atoms with Crippen molar-refractivity contribution in [3.05, 3.63) is 146 Å². The summed E-state index contributed by atoms with van der Waals surface area (Å²) in [5.74, 6) is 0. The zero-order chi connectivity index (χ0) is 32.5. The summed E-state index contributed by atoms with van der Waals surface area (Å²) in [6.45, 7) is 0. The van der Waals surface area contributed by atoms with Crippen LogP contribution < -0.4 is 0 Å². The lowest BCUT2D eigenvalue weighted by Crippen LogP contribution is -1.99. The minimum Gasteiger partial charge on any atom is -0.135 e.